The van der Waals surface area contributed by atoms with Crippen LogP contribution in [0.3, 0.4) is 0 Å². The number of hydrogen-bond donors (Lipinski definition) is 2. The summed E-state index contributed by atoms with van der Waals surface area (Å²) in [7, 11) is 0. The predicted molar refractivity (Wildman–Crippen MR) is 102 cm³/mol. The lowest BCUT2D eigenvalue weighted by atomic mass is 10.00. The van der Waals surface area contributed by atoms with Gasteiger partial charge in [0, 0.05) is 30.6 Å². The number of rotatable bonds is 5. The molecule has 1 aliphatic heterocycles. The first-order chi connectivity index (χ1) is 12.3. The van der Waals surface area contributed by atoms with E-state index in [1.807, 2.05) is 36.3 Å². The van der Waals surface area contributed by atoms with Crippen molar-refractivity contribution in [3.63, 3.8) is 0 Å². The summed E-state index contributed by atoms with van der Waals surface area (Å²) in [6, 6.07) is 9.94. The van der Waals surface area contributed by atoms with Crippen LogP contribution >= 0.6 is 11.8 Å². The van der Waals surface area contributed by atoms with Gasteiger partial charge >= 0.3 is 0 Å². The van der Waals surface area contributed by atoms with Gasteiger partial charge in [-0.2, -0.15) is 11.8 Å². The van der Waals surface area contributed by atoms with Gasteiger partial charge in [-0.25, -0.2) is 9.97 Å². The van der Waals surface area contributed by atoms with Crippen molar-refractivity contribution in [2.24, 2.45) is 0 Å². The Morgan fingerprint density at radius 3 is 3.12 bits per heavy atom. The van der Waals surface area contributed by atoms with Crippen LogP contribution in [0.1, 0.15) is 29.5 Å². The molecule has 130 valence electrons. The van der Waals surface area contributed by atoms with Crippen LogP contribution in [0, 0.1) is 0 Å². The average molecular weight is 354 g/mol. The molecule has 0 unspecified atom stereocenters. The van der Waals surface area contributed by atoms with Crippen molar-refractivity contribution >= 4 is 22.7 Å². The van der Waals surface area contributed by atoms with E-state index in [-0.39, 0.29) is 5.75 Å². The number of fused-ring (bicyclic) bond motifs is 2. The minimum atomic E-state index is 0.242. The molecule has 0 radical (unpaired) electrons. The topological polar surface area (TPSA) is 65.0 Å². The molecule has 0 saturated carbocycles. The summed E-state index contributed by atoms with van der Waals surface area (Å²) in [6.45, 7) is 1.77. The Hall–Kier alpha value is -2.05. The SMILES string of the molecule is CSCC[C@H]1c2nc[nH]c2CCN1Cc1ccc2cccc(O)c2n1. The molecule has 0 bridgehead atoms. The maximum absolute atomic E-state index is 10.1. The summed E-state index contributed by atoms with van der Waals surface area (Å²) in [4.78, 5) is 15.0. The largest absolute Gasteiger partial charge is 0.506 e. The van der Waals surface area contributed by atoms with Gasteiger partial charge in [-0.1, -0.05) is 18.2 Å². The summed E-state index contributed by atoms with van der Waals surface area (Å²) >= 11 is 1.87. The van der Waals surface area contributed by atoms with Crippen LogP contribution < -0.4 is 0 Å². The van der Waals surface area contributed by atoms with Crippen LogP contribution in [0.5, 0.6) is 5.75 Å². The van der Waals surface area contributed by atoms with Crippen molar-refractivity contribution in [2.45, 2.75) is 25.4 Å². The minimum Gasteiger partial charge on any atom is -0.506 e. The molecule has 4 rings (SSSR count). The lowest BCUT2D eigenvalue weighted by molar-refractivity contribution is 0.166. The van der Waals surface area contributed by atoms with Gasteiger partial charge in [0.15, 0.2) is 0 Å². The highest BCUT2D eigenvalue weighted by molar-refractivity contribution is 7.98. The third kappa shape index (κ3) is 3.24. The molecule has 1 aliphatic rings. The van der Waals surface area contributed by atoms with Gasteiger partial charge in [-0.05, 0) is 30.6 Å². The summed E-state index contributed by atoms with van der Waals surface area (Å²) in [5.41, 5.74) is 4.12. The lowest BCUT2D eigenvalue weighted by Gasteiger charge is -2.34. The zero-order valence-electron chi connectivity index (χ0n) is 14.3. The van der Waals surface area contributed by atoms with Gasteiger partial charge in [0.25, 0.3) is 0 Å². The number of aromatic amines is 1. The Bertz CT molecular complexity index is 879. The van der Waals surface area contributed by atoms with E-state index >= 15 is 0 Å². The van der Waals surface area contributed by atoms with E-state index in [0.717, 1.165) is 42.8 Å². The molecule has 25 heavy (non-hydrogen) atoms. The summed E-state index contributed by atoms with van der Waals surface area (Å²) in [6.07, 6.45) is 6.03. The second-order valence-electron chi connectivity index (χ2n) is 6.44. The second-order valence-corrected chi connectivity index (χ2v) is 7.42. The number of phenolic OH excluding ortho intramolecular Hbond substituents is 1. The average Bonchev–Trinajstić information content (AvgIpc) is 3.10. The molecule has 3 aromatic rings. The molecule has 2 N–H and O–H groups in total. The third-order valence-corrected chi connectivity index (χ3v) is 5.52. The number of thioether (sulfide) groups is 1. The minimum absolute atomic E-state index is 0.242. The van der Waals surface area contributed by atoms with Crippen LogP contribution in [0.15, 0.2) is 36.7 Å². The summed E-state index contributed by atoms with van der Waals surface area (Å²) in [5.74, 6) is 1.35. The molecule has 0 spiro atoms. The van der Waals surface area contributed by atoms with Gasteiger partial charge in [0.2, 0.25) is 0 Å². The van der Waals surface area contributed by atoms with Gasteiger partial charge in [-0.3, -0.25) is 4.90 Å². The molecule has 3 heterocycles. The molecule has 5 nitrogen and oxygen atoms in total. The third-order valence-electron chi connectivity index (χ3n) is 4.87. The Morgan fingerprint density at radius 1 is 1.32 bits per heavy atom. The Labute approximate surface area is 151 Å². The van der Waals surface area contributed by atoms with Gasteiger partial charge in [-0.15, -0.1) is 0 Å². The van der Waals surface area contributed by atoms with Crippen molar-refractivity contribution < 1.29 is 5.11 Å². The molecule has 1 aromatic carbocycles. The van der Waals surface area contributed by atoms with E-state index in [2.05, 4.69) is 27.2 Å². The monoisotopic (exact) mass is 354 g/mol. The molecule has 0 aliphatic carbocycles. The van der Waals surface area contributed by atoms with E-state index in [0.29, 0.717) is 11.6 Å². The first-order valence-corrected chi connectivity index (χ1v) is 9.98. The number of para-hydroxylation sites is 1. The smallest absolute Gasteiger partial charge is 0.141 e. The Balaban J connectivity index is 1.61. The molecule has 0 fully saturated rings. The Morgan fingerprint density at radius 2 is 2.24 bits per heavy atom. The number of nitrogens with zero attached hydrogens (tertiary/aromatic N) is 3. The molecule has 2 aromatic heterocycles. The standard InChI is InChI=1S/C19H22N4OS/c1-25-10-8-16-19-15(20-12-21-19)7-9-23(16)11-14-6-5-13-3-2-4-17(24)18(13)22-14/h2-6,12,16,24H,7-11H2,1H3,(H,20,21)/t16-/m0/s1. The first-order valence-electron chi connectivity index (χ1n) is 8.59. The maximum atomic E-state index is 10.1. The number of H-pyrrole nitrogens is 1. The number of aromatic nitrogens is 3. The van der Waals surface area contributed by atoms with Crippen LogP contribution in [0.4, 0.5) is 0 Å². The number of pyridine rings is 1. The number of hydrogen-bond acceptors (Lipinski definition) is 5. The highest BCUT2D eigenvalue weighted by Crippen LogP contribution is 2.32. The van der Waals surface area contributed by atoms with Gasteiger partial charge in [0.05, 0.1) is 23.8 Å². The predicted octanol–water partition coefficient (Wildman–Crippen LogP) is 3.52. The van der Waals surface area contributed by atoms with Gasteiger partial charge in [0.1, 0.15) is 11.3 Å². The van der Waals surface area contributed by atoms with Crippen molar-refractivity contribution in [2.75, 3.05) is 18.6 Å². The normalized spacial score (nSPS) is 17.7. The van der Waals surface area contributed by atoms with Crippen LogP contribution in [0.25, 0.3) is 10.9 Å². The van der Waals surface area contributed by atoms with Crippen molar-refractivity contribution in [1.29, 1.82) is 0 Å². The van der Waals surface area contributed by atoms with Crippen LogP contribution in [-0.2, 0) is 13.0 Å². The van der Waals surface area contributed by atoms with E-state index in [4.69, 9.17) is 4.98 Å². The molecule has 1 atom stereocenters. The number of aromatic hydroxyl groups is 1. The fourth-order valence-corrected chi connectivity index (χ4v) is 4.07. The molecule has 6 heteroatoms. The fraction of sp³-hybridized carbons (Fsp3) is 0.368. The van der Waals surface area contributed by atoms with Gasteiger partial charge < -0.3 is 10.1 Å². The quantitative estimate of drug-likeness (QED) is 0.734. The van der Waals surface area contributed by atoms with Crippen molar-refractivity contribution in [3.05, 3.63) is 53.7 Å². The maximum Gasteiger partial charge on any atom is 0.141 e. The molecule has 0 amide bonds. The number of benzene rings is 1. The first kappa shape index (κ1) is 16.4. The van der Waals surface area contributed by atoms with Crippen molar-refractivity contribution in [3.8, 4) is 5.75 Å². The van der Waals surface area contributed by atoms with E-state index in [1.165, 1.54) is 11.4 Å². The lowest BCUT2D eigenvalue weighted by Crippen LogP contribution is -2.35. The second kappa shape index (κ2) is 7.06. The number of imidazole rings is 1. The van der Waals surface area contributed by atoms with E-state index in [1.54, 1.807) is 6.07 Å². The fourth-order valence-electron chi connectivity index (χ4n) is 3.61. The highest BCUT2D eigenvalue weighted by Gasteiger charge is 2.29. The molecule has 0 saturated heterocycles. The van der Waals surface area contributed by atoms with Crippen LogP contribution in [-0.4, -0.2) is 43.5 Å². The zero-order chi connectivity index (χ0) is 17.2. The van der Waals surface area contributed by atoms with Crippen LogP contribution in [0.2, 0.25) is 0 Å². The molecular formula is C19H22N4OS. The summed E-state index contributed by atoms with van der Waals surface area (Å²) < 4.78 is 0. The van der Waals surface area contributed by atoms with E-state index < -0.39 is 0 Å². The Kier molecular flexibility index (Phi) is 4.63. The number of phenols is 1. The molecular weight excluding hydrogens is 332 g/mol. The highest BCUT2D eigenvalue weighted by atomic mass is 32.2. The zero-order valence-corrected chi connectivity index (χ0v) is 15.1. The summed E-state index contributed by atoms with van der Waals surface area (Å²) in [5, 5.41) is 11.0. The van der Waals surface area contributed by atoms with Crippen molar-refractivity contribution in [1.82, 2.24) is 19.9 Å². The van der Waals surface area contributed by atoms with E-state index in [9.17, 15) is 5.11 Å². The number of nitrogens with one attached hydrogen (secondary N) is 1.